The van der Waals surface area contributed by atoms with Crippen LogP contribution in [0.25, 0.3) is 0 Å². The highest BCUT2D eigenvalue weighted by atomic mass is 13.9. The molecule has 0 bridgehead atoms. The fourth-order valence-electron chi connectivity index (χ4n) is 1.25. The van der Waals surface area contributed by atoms with Crippen molar-refractivity contribution in [2.75, 3.05) is 0 Å². The molecule has 0 spiro atoms. The summed E-state index contributed by atoms with van der Waals surface area (Å²) >= 11 is 0. The van der Waals surface area contributed by atoms with E-state index in [0.29, 0.717) is 0 Å². The van der Waals surface area contributed by atoms with Crippen molar-refractivity contribution < 1.29 is 0 Å². The second-order valence-electron chi connectivity index (χ2n) is 3.19. The Bertz CT molecular complexity index is 216. The third-order valence-electron chi connectivity index (χ3n) is 1.99. The Balaban J connectivity index is 2.38. The zero-order chi connectivity index (χ0) is 9.19. The van der Waals surface area contributed by atoms with Gasteiger partial charge in [0.25, 0.3) is 0 Å². The summed E-state index contributed by atoms with van der Waals surface area (Å²) in [5, 5.41) is 0. The van der Waals surface area contributed by atoms with E-state index in [1.807, 2.05) is 0 Å². The first-order valence-electron chi connectivity index (χ1n) is 5.12. The van der Waals surface area contributed by atoms with Crippen molar-refractivity contribution in [1.82, 2.24) is 0 Å². The van der Waals surface area contributed by atoms with Crippen LogP contribution in [0.5, 0.6) is 0 Å². The molecule has 0 saturated heterocycles. The Labute approximate surface area is 81.4 Å². The summed E-state index contributed by atoms with van der Waals surface area (Å²) in [7, 11) is 0. The summed E-state index contributed by atoms with van der Waals surface area (Å²) in [6, 6.07) is 0. The summed E-state index contributed by atoms with van der Waals surface area (Å²) in [6.45, 7) is 0. The molecule has 0 heterocycles. The van der Waals surface area contributed by atoms with Gasteiger partial charge in [0.2, 0.25) is 0 Å². The van der Waals surface area contributed by atoms with E-state index >= 15 is 0 Å². The standard InChI is InChI=1S/C13H18/c1-2-4-6-8-10-12-13-11-9-7-5-3-1/h1-4,7,9-10,12H,5-6,8,11,13H2/b3-1+,4-2-,9-7?,12-10+. The first kappa shape index (κ1) is 10.0. The van der Waals surface area contributed by atoms with E-state index in [-0.39, 0.29) is 0 Å². The maximum Gasteiger partial charge on any atom is -0.0166 e. The molecule has 0 aliphatic heterocycles. The van der Waals surface area contributed by atoms with Crippen LogP contribution in [0, 0.1) is 0 Å². The quantitative estimate of drug-likeness (QED) is 0.483. The van der Waals surface area contributed by atoms with E-state index in [2.05, 4.69) is 48.6 Å². The SMILES string of the molecule is C1=CCC/C=C/CC/C=C\C=C\C1. The molecule has 0 fully saturated rings. The van der Waals surface area contributed by atoms with Crippen LogP contribution >= 0.6 is 0 Å². The molecule has 1 aliphatic rings. The minimum Gasteiger partial charge on any atom is -0.0882 e. The van der Waals surface area contributed by atoms with Crippen LogP contribution < -0.4 is 0 Å². The van der Waals surface area contributed by atoms with Gasteiger partial charge < -0.3 is 0 Å². The lowest BCUT2D eigenvalue weighted by Crippen LogP contribution is -1.66. The van der Waals surface area contributed by atoms with Crippen LogP contribution in [0.2, 0.25) is 0 Å². The molecule has 0 N–H and O–H groups in total. The van der Waals surface area contributed by atoms with E-state index in [4.69, 9.17) is 0 Å². The maximum absolute atomic E-state index is 2.28. The number of hydrogen-bond donors (Lipinski definition) is 0. The van der Waals surface area contributed by atoms with Crippen LogP contribution in [0.3, 0.4) is 0 Å². The smallest absolute Gasteiger partial charge is 0.0166 e. The van der Waals surface area contributed by atoms with E-state index in [0.717, 1.165) is 12.8 Å². The molecule has 0 amide bonds. The van der Waals surface area contributed by atoms with E-state index in [1.165, 1.54) is 19.3 Å². The second kappa shape index (κ2) is 7.60. The Kier molecular flexibility index (Phi) is 5.87. The monoisotopic (exact) mass is 174 g/mol. The van der Waals surface area contributed by atoms with E-state index in [9.17, 15) is 0 Å². The highest BCUT2D eigenvalue weighted by Crippen LogP contribution is 2.00. The highest BCUT2D eigenvalue weighted by Gasteiger charge is 1.79. The molecule has 0 atom stereocenters. The first-order valence-corrected chi connectivity index (χ1v) is 5.12. The molecule has 70 valence electrons. The van der Waals surface area contributed by atoms with Gasteiger partial charge in [-0.2, -0.15) is 0 Å². The summed E-state index contributed by atoms with van der Waals surface area (Å²) in [5.41, 5.74) is 0. The van der Waals surface area contributed by atoms with Crippen molar-refractivity contribution in [1.29, 1.82) is 0 Å². The van der Waals surface area contributed by atoms with Gasteiger partial charge in [0.05, 0.1) is 0 Å². The number of allylic oxidation sites excluding steroid dienone is 8. The number of rotatable bonds is 0. The molecule has 0 heteroatoms. The topological polar surface area (TPSA) is 0 Å². The van der Waals surface area contributed by atoms with Gasteiger partial charge in [-0.05, 0) is 32.1 Å². The lowest BCUT2D eigenvalue weighted by Gasteiger charge is -1.87. The minimum absolute atomic E-state index is 1.06. The minimum atomic E-state index is 1.06. The van der Waals surface area contributed by atoms with Gasteiger partial charge in [-0.1, -0.05) is 48.6 Å². The normalized spacial score (nSPS) is 26.5. The van der Waals surface area contributed by atoms with Gasteiger partial charge >= 0.3 is 0 Å². The van der Waals surface area contributed by atoms with Crippen molar-refractivity contribution >= 4 is 0 Å². The molecule has 0 unspecified atom stereocenters. The molecular formula is C13H18. The van der Waals surface area contributed by atoms with Gasteiger partial charge in [0.15, 0.2) is 0 Å². The van der Waals surface area contributed by atoms with Crippen LogP contribution in [-0.4, -0.2) is 0 Å². The van der Waals surface area contributed by atoms with Gasteiger partial charge in [-0.15, -0.1) is 0 Å². The largest absolute Gasteiger partial charge is 0.0882 e. The molecule has 0 aromatic rings. The number of hydrogen-bond acceptors (Lipinski definition) is 0. The summed E-state index contributed by atoms with van der Waals surface area (Å²) in [6.07, 6.45) is 23.5. The van der Waals surface area contributed by atoms with E-state index in [1.54, 1.807) is 0 Å². The fourth-order valence-corrected chi connectivity index (χ4v) is 1.25. The molecule has 1 rings (SSSR count). The summed E-state index contributed by atoms with van der Waals surface area (Å²) in [5.74, 6) is 0. The Hall–Kier alpha value is -1.04. The molecule has 0 aromatic heterocycles. The molecule has 0 aromatic carbocycles. The zero-order valence-corrected chi connectivity index (χ0v) is 8.15. The van der Waals surface area contributed by atoms with Crippen molar-refractivity contribution in [3.8, 4) is 0 Å². The summed E-state index contributed by atoms with van der Waals surface area (Å²) in [4.78, 5) is 0. The Morgan fingerprint density at radius 3 is 1.77 bits per heavy atom. The lowest BCUT2D eigenvalue weighted by atomic mass is 10.2. The van der Waals surface area contributed by atoms with Gasteiger partial charge in [0, 0.05) is 0 Å². The molecule has 0 radical (unpaired) electrons. The van der Waals surface area contributed by atoms with Crippen LogP contribution in [0.1, 0.15) is 32.1 Å². The summed E-state index contributed by atoms with van der Waals surface area (Å²) < 4.78 is 0. The van der Waals surface area contributed by atoms with Gasteiger partial charge in [-0.25, -0.2) is 0 Å². The van der Waals surface area contributed by atoms with Crippen LogP contribution in [0.15, 0.2) is 48.6 Å². The average molecular weight is 174 g/mol. The van der Waals surface area contributed by atoms with Crippen molar-refractivity contribution in [3.05, 3.63) is 48.6 Å². The van der Waals surface area contributed by atoms with E-state index < -0.39 is 0 Å². The third-order valence-corrected chi connectivity index (χ3v) is 1.99. The van der Waals surface area contributed by atoms with Crippen molar-refractivity contribution in [2.45, 2.75) is 32.1 Å². The first-order chi connectivity index (χ1) is 6.50. The lowest BCUT2D eigenvalue weighted by molar-refractivity contribution is 1.00. The Morgan fingerprint density at radius 2 is 1.00 bits per heavy atom. The van der Waals surface area contributed by atoms with Crippen LogP contribution in [0.4, 0.5) is 0 Å². The second-order valence-corrected chi connectivity index (χ2v) is 3.19. The van der Waals surface area contributed by atoms with Crippen LogP contribution in [-0.2, 0) is 0 Å². The van der Waals surface area contributed by atoms with Gasteiger partial charge in [0.1, 0.15) is 0 Å². The fraction of sp³-hybridized carbons (Fsp3) is 0.385. The predicted molar refractivity (Wildman–Crippen MR) is 59.6 cm³/mol. The Morgan fingerprint density at radius 1 is 0.462 bits per heavy atom. The highest BCUT2D eigenvalue weighted by molar-refractivity contribution is 5.05. The molecule has 0 saturated carbocycles. The predicted octanol–water partition coefficient (Wildman–Crippen LogP) is 4.18. The molecule has 0 nitrogen and oxygen atoms in total. The molecular weight excluding hydrogens is 156 g/mol. The van der Waals surface area contributed by atoms with Crippen molar-refractivity contribution in [2.24, 2.45) is 0 Å². The average Bonchev–Trinajstić information content (AvgIpc) is 2.18. The molecule has 13 heavy (non-hydrogen) atoms. The molecule has 1 aliphatic carbocycles. The van der Waals surface area contributed by atoms with Gasteiger partial charge in [-0.3, -0.25) is 0 Å². The maximum atomic E-state index is 2.28. The third kappa shape index (κ3) is 6.15. The van der Waals surface area contributed by atoms with Crippen molar-refractivity contribution in [3.63, 3.8) is 0 Å². The zero-order valence-electron chi connectivity index (χ0n) is 8.15.